The van der Waals surface area contributed by atoms with E-state index in [1.165, 1.54) is 0 Å². The molecule has 0 aliphatic heterocycles. The van der Waals surface area contributed by atoms with Crippen molar-refractivity contribution in [3.63, 3.8) is 0 Å². The number of carbonyl (C=O) groups is 1. The highest BCUT2D eigenvalue weighted by atomic mass is 16.5. The lowest BCUT2D eigenvalue weighted by atomic mass is 10.4. The second-order valence-electron chi connectivity index (χ2n) is 4.09. The molecule has 1 N–H and O–H groups in total. The van der Waals surface area contributed by atoms with Crippen molar-refractivity contribution in [1.82, 2.24) is 9.97 Å². The molecule has 1 heterocycles. The van der Waals surface area contributed by atoms with Gasteiger partial charge >= 0.3 is 0 Å². The Hall–Kier alpha value is -1.69. The van der Waals surface area contributed by atoms with Crippen LogP contribution in [0.15, 0.2) is 12.3 Å². The first-order valence-corrected chi connectivity index (χ1v) is 6.01. The van der Waals surface area contributed by atoms with Gasteiger partial charge in [-0.05, 0) is 12.5 Å². The molecular formula is C12H20N4O2. The Morgan fingerprint density at radius 1 is 1.50 bits per heavy atom. The highest BCUT2D eigenvalue weighted by molar-refractivity contribution is 5.90. The molecule has 0 aliphatic rings. The van der Waals surface area contributed by atoms with E-state index in [9.17, 15) is 4.79 Å². The summed E-state index contributed by atoms with van der Waals surface area (Å²) in [5, 5.41) is 2.67. The fraction of sp³-hybridized carbons (Fsp3) is 0.583. The predicted molar refractivity (Wildman–Crippen MR) is 70.7 cm³/mol. The normalized spacial score (nSPS) is 10.2. The lowest BCUT2D eigenvalue weighted by Crippen LogP contribution is -2.20. The van der Waals surface area contributed by atoms with Gasteiger partial charge in [0, 0.05) is 26.9 Å². The smallest absolute Gasteiger partial charge is 0.251 e. The summed E-state index contributed by atoms with van der Waals surface area (Å²) in [4.78, 5) is 21.6. The first kappa shape index (κ1) is 14.4. The number of amides is 1. The van der Waals surface area contributed by atoms with E-state index in [1.54, 1.807) is 17.2 Å². The van der Waals surface area contributed by atoms with Crippen LogP contribution >= 0.6 is 0 Å². The molecule has 0 aliphatic carbocycles. The third-order valence-corrected chi connectivity index (χ3v) is 2.19. The molecule has 0 unspecified atom stereocenters. The molecule has 100 valence electrons. The summed E-state index contributed by atoms with van der Waals surface area (Å²) in [6.45, 7) is 2.74. The van der Waals surface area contributed by atoms with E-state index in [1.807, 2.05) is 14.1 Å². The molecule has 6 heteroatoms. The summed E-state index contributed by atoms with van der Waals surface area (Å²) in [7, 11) is 3.68. The maximum atomic E-state index is 11.5. The van der Waals surface area contributed by atoms with E-state index < -0.39 is 0 Å². The minimum absolute atomic E-state index is 0.0568. The van der Waals surface area contributed by atoms with Crippen molar-refractivity contribution in [2.45, 2.75) is 19.8 Å². The first-order chi connectivity index (χ1) is 8.63. The summed E-state index contributed by atoms with van der Waals surface area (Å²) in [5.74, 6) is 0.840. The highest BCUT2D eigenvalue weighted by Crippen LogP contribution is 2.07. The van der Waals surface area contributed by atoms with Crippen LogP contribution in [0.25, 0.3) is 0 Å². The topological polar surface area (TPSA) is 67.3 Å². The van der Waals surface area contributed by atoms with Crippen molar-refractivity contribution in [2.24, 2.45) is 0 Å². The highest BCUT2D eigenvalue weighted by Gasteiger charge is 2.05. The molecule has 0 radical (unpaired) electrons. The van der Waals surface area contributed by atoms with E-state index >= 15 is 0 Å². The zero-order valence-electron chi connectivity index (χ0n) is 11.1. The van der Waals surface area contributed by atoms with Crippen molar-refractivity contribution in [3.05, 3.63) is 12.3 Å². The van der Waals surface area contributed by atoms with Crippen LogP contribution in [0.5, 0.6) is 0 Å². The number of hydrogen-bond acceptors (Lipinski definition) is 5. The lowest BCUT2D eigenvalue weighted by molar-refractivity contribution is -0.120. The molecule has 6 nitrogen and oxygen atoms in total. The number of unbranched alkanes of at least 4 members (excludes halogenated alkanes) is 1. The molecule has 1 aromatic heterocycles. The Morgan fingerprint density at radius 3 is 2.94 bits per heavy atom. The number of nitrogens with one attached hydrogen (secondary N) is 1. The molecule has 0 atom stereocenters. The number of carbonyl (C=O) groups excluding carboxylic acids is 1. The Labute approximate surface area is 107 Å². The molecule has 0 aromatic carbocycles. The third-order valence-electron chi connectivity index (χ3n) is 2.19. The third kappa shape index (κ3) is 5.09. The van der Waals surface area contributed by atoms with Crippen LogP contribution in [0.2, 0.25) is 0 Å². The van der Waals surface area contributed by atoms with Crippen molar-refractivity contribution >= 4 is 17.7 Å². The van der Waals surface area contributed by atoms with Crippen LogP contribution in [-0.4, -0.2) is 43.2 Å². The number of nitrogens with zero attached hydrogens (tertiary/aromatic N) is 3. The number of hydrogen-bond donors (Lipinski definition) is 1. The van der Waals surface area contributed by atoms with Gasteiger partial charge in [0.1, 0.15) is 12.4 Å². The number of ether oxygens (including phenoxy) is 1. The average molecular weight is 252 g/mol. The van der Waals surface area contributed by atoms with Crippen LogP contribution in [0.3, 0.4) is 0 Å². The van der Waals surface area contributed by atoms with Gasteiger partial charge in [0.05, 0.1) is 0 Å². The molecule has 0 spiro atoms. The Bertz CT molecular complexity index is 382. The first-order valence-electron chi connectivity index (χ1n) is 6.01. The fourth-order valence-electron chi connectivity index (χ4n) is 1.22. The van der Waals surface area contributed by atoms with E-state index in [-0.39, 0.29) is 12.5 Å². The van der Waals surface area contributed by atoms with Gasteiger partial charge in [-0.25, -0.2) is 4.98 Å². The fourth-order valence-corrected chi connectivity index (χ4v) is 1.22. The van der Waals surface area contributed by atoms with Crippen molar-refractivity contribution in [3.8, 4) is 0 Å². The van der Waals surface area contributed by atoms with Crippen LogP contribution in [-0.2, 0) is 9.53 Å². The number of anilines is 2. The summed E-state index contributed by atoms with van der Waals surface area (Å²) in [5.41, 5.74) is 0. The van der Waals surface area contributed by atoms with Crippen LogP contribution in [0.1, 0.15) is 19.8 Å². The minimum Gasteiger partial charge on any atom is -0.372 e. The molecule has 1 rings (SSSR count). The van der Waals surface area contributed by atoms with E-state index in [0.717, 1.165) is 12.8 Å². The molecule has 1 amide bonds. The molecule has 18 heavy (non-hydrogen) atoms. The number of aromatic nitrogens is 2. The van der Waals surface area contributed by atoms with Crippen molar-refractivity contribution < 1.29 is 9.53 Å². The van der Waals surface area contributed by atoms with Gasteiger partial charge in [-0.3, -0.25) is 4.79 Å². The molecular weight excluding hydrogens is 232 g/mol. The molecule has 1 aromatic rings. The number of rotatable bonds is 7. The average Bonchev–Trinajstić information content (AvgIpc) is 2.35. The van der Waals surface area contributed by atoms with Gasteiger partial charge in [0.15, 0.2) is 0 Å². The van der Waals surface area contributed by atoms with Crippen LogP contribution < -0.4 is 10.2 Å². The summed E-state index contributed by atoms with van der Waals surface area (Å²) in [6, 6.07) is 1.65. The maximum Gasteiger partial charge on any atom is 0.251 e. The zero-order valence-corrected chi connectivity index (χ0v) is 11.1. The van der Waals surface area contributed by atoms with Gasteiger partial charge in [0.25, 0.3) is 5.91 Å². The maximum absolute atomic E-state index is 11.5. The second-order valence-corrected chi connectivity index (χ2v) is 4.09. The van der Waals surface area contributed by atoms with Gasteiger partial charge in [-0.1, -0.05) is 13.3 Å². The van der Waals surface area contributed by atoms with E-state index in [0.29, 0.717) is 18.4 Å². The lowest BCUT2D eigenvalue weighted by Gasteiger charge is -2.11. The Morgan fingerprint density at radius 2 is 2.28 bits per heavy atom. The van der Waals surface area contributed by atoms with Crippen molar-refractivity contribution in [1.29, 1.82) is 0 Å². The quantitative estimate of drug-likeness (QED) is 0.741. The van der Waals surface area contributed by atoms with E-state index in [2.05, 4.69) is 22.2 Å². The SMILES string of the molecule is CCCCOCC(=O)Nc1ccnc(N(C)C)n1. The summed E-state index contributed by atoms with van der Waals surface area (Å²) >= 11 is 0. The largest absolute Gasteiger partial charge is 0.372 e. The van der Waals surface area contributed by atoms with Crippen molar-refractivity contribution in [2.75, 3.05) is 37.5 Å². The standard InChI is InChI=1S/C12H20N4O2/c1-4-5-8-18-9-11(17)14-10-6-7-13-12(15-10)16(2)3/h6-7H,4-5,8-9H2,1-3H3,(H,13,14,15,17). The Kier molecular flexibility index (Phi) is 6.07. The Balaban J connectivity index is 2.41. The van der Waals surface area contributed by atoms with Gasteiger partial charge in [0.2, 0.25) is 5.95 Å². The predicted octanol–water partition coefficient (Wildman–Crippen LogP) is 1.30. The second kappa shape index (κ2) is 7.60. The molecule has 0 fully saturated rings. The summed E-state index contributed by atoms with van der Waals surface area (Å²) < 4.78 is 5.22. The molecule has 0 bridgehead atoms. The minimum atomic E-state index is -0.200. The van der Waals surface area contributed by atoms with Crippen LogP contribution in [0, 0.1) is 0 Å². The van der Waals surface area contributed by atoms with Gasteiger partial charge in [-0.15, -0.1) is 0 Å². The van der Waals surface area contributed by atoms with Gasteiger partial charge in [-0.2, -0.15) is 4.98 Å². The van der Waals surface area contributed by atoms with Gasteiger partial charge < -0.3 is 15.0 Å². The monoisotopic (exact) mass is 252 g/mol. The van der Waals surface area contributed by atoms with Crippen LogP contribution in [0.4, 0.5) is 11.8 Å². The zero-order chi connectivity index (χ0) is 13.4. The van der Waals surface area contributed by atoms with E-state index in [4.69, 9.17) is 4.74 Å². The summed E-state index contributed by atoms with van der Waals surface area (Å²) in [6.07, 6.45) is 3.63. The molecule has 0 saturated carbocycles. The molecule has 0 saturated heterocycles.